The van der Waals surface area contributed by atoms with Crippen LogP contribution in [-0.4, -0.2) is 59.5 Å². The molecule has 6 nitrogen and oxygen atoms in total. The van der Waals surface area contributed by atoms with E-state index in [1.807, 2.05) is 18.7 Å². The molecule has 2 heterocycles. The van der Waals surface area contributed by atoms with Crippen molar-refractivity contribution in [3.63, 3.8) is 0 Å². The lowest BCUT2D eigenvalue weighted by Gasteiger charge is -2.36. The van der Waals surface area contributed by atoms with Crippen molar-refractivity contribution in [2.45, 2.75) is 46.6 Å². The molecule has 136 valence electrons. The molecule has 1 aliphatic heterocycles. The predicted octanol–water partition coefficient (Wildman–Crippen LogP) is 1.44. The summed E-state index contributed by atoms with van der Waals surface area (Å²) in [6, 6.07) is 0.375. The van der Waals surface area contributed by atoms with Crippen molar-refractivity contribution < 1.29 is 9.53 Å². The topological polar surface area (TPSA) is 59.4 Å². The number of carbonyl (C=O) groups is 1. The van der Waals surface area contributed by atoms with E-state index in [1.54, 1.807) is 0 Å². The van der Waals surface area contributed by atoms with Crippen molar-refractivity contribution in [2.24, 2.45) is 13.0 Å². The van der Waals surface area contributed by atoms with Crippen LogP contribution >= 0.6 is 0 Å². The Morgan fingerprint density at radius 2 is 1.96 bits per heavy atom. The van der Waals surface area contributed by atoms with Crippen LogP contribution in [0.4, 0.5) is 0 Å². The number of nitrogens with one attached hydrogen (secondary N) is 1. The summed E-state index contributed by atoms with van der Waals surface area (Å²) in [5, 5.41) is 7.54. The quantitative estimate of drug-likeness (QED) is 0.819. The first kappa shape index (κ1) is 18.9. The smallest absolute Gasteiger partial charge is 0.220 e. The fraction of sp³-hybridized carbons (Fsp3) is 0.778. The number of nitrogens with zero attached hydrogens (tertiary/aromatic N) is 3. The lowest BCUT2D eigenvalue weighted by atomic mass is 10.0. The van der Waals surface area contributed by atoms with Gasteiger partial charge in [-0.15, -0.1) is 0 Å². The highest BCUT2D eigenvalue weighted by molar-refractivity contribution is 5.76. The minimum atomic E-state index is 0.122. The Morgan fingerprint density at radius 3 is 2.50 bits per heavy atom. The molecule has 6 heteroatoms. The van der Waals surface area contributed by atoms with E-state index in [4.69, 9.17) is 4.74 Å². The zero-order valence-electron chi connectivity index (χ0n) is 15.8. The van der Waals surface area contributed by atoms with Gasteiger partial charge in [-0.3, -0.25) is 14.4 Å². The third-order valence-corrected chi connectivity index (χ3v) is 5.05. The van der Waals surface area contributed by atoms with Gasteiger partial charge in [0.1, 0.15) is 0 Å². The number of hydrogen-bond donors (Lipinski definition) is 1. The highest BCUT2D eigenvalue weighted by atomic mass is 16.5. The molecule has 0 spiro atoms. The largest absolute Gasteiger partial charge is 0.379 e. The zero-order chi connectivity index (χ0) is 17.7. The molecule has 1 aromatic heterocycles. The summed E-state index contributed by atoms with van der Waals surface area (Å²) in [4.78, 5) is 14.7. The number of ether oxygens (including phenoxy) is 1. The third kappa shape index (κ3) is 4.80. The molecule has 1 atom stereocenters. The van der Waals surface area contributed by atoms with E-state index in [0.717, 1.165) is 44.1 Å². The summed E-state index contributed by atoms with van der Waals surface area (Å²) in [6.45, 7) is 12.7. The van der Waals surface area contributed by atoms with Crippen LogP contribution < -0.4 is 5.32 Å². The fourth-order valence-corrected chi connectivity index (χ4v) is 3.42. The number of aromatic nitrogens is 2. The Morgan fingerprint density at radius 1 is 1.29 bits per heavy atom. The van der Waals surface area contributed by atoms with Crippen LogP contribution in [0.25, 0.3) is 0 Å². The molecule has 1 aliphatic rings. The van der Waals surface area contributed by atoms with Gasteiger partial charge in [0, 0.05) is 44.8 Å². The number of aryl methyl sites for hydroxylation is 2. The normalized spacial score (nSPS) is 17.2. The molecule has 1 unspecified atom stereocenters. The maximum atomic E-state index is 12.3. The predicted molar refractivity (Wildman–Crippen MR) is 95.0 cm³/mol. The van der Waals surface area contributed by atoms with Crippen molar-refractivity contribution in [3.8, 4) is 0 Å². The van der Waals surface area contributed by atoms with Gasteiger partial charge in [-0.25, -0.2) is 0 Å². The first-order valence-electron chi connectivity index (χ1n) is 8.97. The molecule has 24 heavy (non-hydrogen) atoms. The highest BCUT2D eigenvalue weighted by Crippen LogP contribution is 2.15. The van der Waals surface area contributed by atoms with Crippen LogP contribution in [0.5, 0.6) is 0 Å². The fourth-order valence-electron chi connectivity index (χ4n) is 3.42. The Kier molecular flexibility index (Phi) is 6.80. The van der Waals surface area contributed by atoms with Crippen molar-refractivity contribution in [1.29, 1.82) is 0 Å². The van der Waals surface area contributed by atoms with Crippen LogP contribution in [0.2, 0.25) is 0 Å². The van der Waals surface area contributed by atoms with E-state index < -0.39 is 0 Å². The van der Waals surface area contributed by atoms with Gasteiger partial charge in [0.15, 0.2) is 0 Å². The Hall–Kier alpha value is -1.40. The van der Waals surface area contributed by atoms with E-state index in [9.17, 15) is 4.79 Å². The van der Waals surface area contributed by atoms with Crippen LogP contribution in [0.1, 0.15) is 37.2 Å². The second kappa shape index (κ2) is 8.62. The Labute approximate surface area is 145 Å². The molecule has 1 aromatic rings. The molecule has 2 rings (SSSR count). The zero-order valence-corrected chi connectivity index (χ0v) is 15.8. The van der Waals surface area contributed by atoms with Crippen LogP contribution in [0.3, 0.4) is 0 Å². The summed E-state index contributed by atoms with van der Waals surface area (Å²) in [7, 11) is 1.95. The number of morpholine rings is 1. The highest BCUT2D eigenvalue weighted by Gasteiger charge is 2.24. The average Bonchev–Trinajstić information content (AvgIpc) is 2.79. The van der Waals surface area contributed by atoms with Gasteiger partial charge in [-0.05, 0) is 31.7 Å². The van der Waals surface area contributed by atoms with Crippen LogP contribution in [-0.2, 0) is 23.0 Å². The molecule has 0 bridgehead atoms. The van der Waals surface area contributed by atoms with Gasteiger partial charge < -0.3 is 10.1 Å². The van der Waals surface area contributed by atoms with Crippen molar-refractivity contribution in [1.82, 2.24) is 20.0 Å². The van der Waals surface area contributed by atoms with E-state index in [2.05, 4.69) is 36.1 Å². The average molecular weight is 336 g/mol. The van der Waals surface area contributed by atoms with Crippen LogP contribution in [0, 0.1) is 19.8 Å². The van der Waals surface area contributed by atoms with Crippen molar-refractivity contribution in [2.75, 3.05) is 32.8 Å². The molecule has 0 saturated carbocycles. The van der Waals surface area contributed by atoms with Gasteiger partial charge in [-0.1, -0.05) is 13.8 Å². The molecule has 1 N–H and O–H groups in total. The molecule has 0 radical (unpaired) electrons. The lowest BCUT2D eigenvalue weighted by molar-refractivity contribution is -0.121. The monoisotopic (exact) mass is 336 g/mol. The first-order chi connectivity index (χ1) is 11.4. The van der Waals surface area contributed by atoms with Crippen LogP contribution in [0.15, 0.2) is 0 Å². The SMILES string of the molecule is Cc1nn(C)c(C)c1CCC(=O)NCC(C(C)C)N1CCOCC1. The molecule has 0 aromatic carbocycles. The van der Waals surface area contributed by atoms with E-state index in [-0.39, 0.29) is 5.91 Å². The molecular formula is C18H32N4O2. The van der Waals surface area contributed by atoms with E-state index in [0.29, 0.717) is 24.9 Å². The summed E-state index contributed by atoms with van der Waals surface area (Å²) >= 11 is 0. The number of hydrogen-bond acceptors (Lipinski definition) is 4. The van der Waals surface area contributed by atoms with E-state index in [1.165, 1.54) is 5.56 Å². The molecular weight excluding hydrogens is 304 g/mol. The molecule has 0 aliphatic carbocycles. The van der Waals surface area contributed by atoms with Gasteiger partial charge >= 0.3 is 0 Å². The second-order valence-electron chi connectivity index (χ2n) is 7.04. The summed E-state index contributed by atoms with van der Waals surface area (Å²) in [5.41, 5.74) is 3.37. The number of rotatable bonds is 7. The standard InChI is InChI=1S/C18H32N4O2/c1-13(2)17(22-8-10-24-11-9-22)12-19-18(23)7-6-16-14(3)20-21(5)15(16)4/h13,17H,6-12H2,1-5H3,(H,19,23). The van der Waals surface area contributed by atoms with E-state index >= 15 is 0 Å². The summed E-state index contributed by atoms with van der Waals surface area (Å²) < 4.78 is 7.31. The maximum absolute atomic E-state index is 12.3. The Bertz CT molecular complexity index is 547. The van der Waals surface area contributed by atoms with Gasteiger partial charge in [0.25, 0.3) is 0 Å². The van der Waals surface area contributed by atoms with Gasteiger partial charge in [0.2, 0.25) is 5.91 Å². The Balaban J connectivity index is 1.82. The summed E-state index contributed by atoms with van der Waals surface area (Å²) in [5.74, 6) is 0.628. The third-order valence-electron chi connectivity index (χ3n) is 5.05. The molecule has 1 amide bonds. The second-order valence-corrected chi connectivity index (χ2v) is 7.04. The molecule has 1 fully saturated rings. The minimum absolute atomic E-state index is 0.122. The number of amides is 1. The minimum Gasteiger partial charge on any atom is -0.379 e. The van der Waals surface area contributed by atoms with Crippen molar-refractivity contribution >= 4 is 5.91 Å². The first-order valence-corrected chi connectivity index (χ1v) is 8.97. The summed E-state index contributed by atoms with van der Waals surface area (Å²) in [6.07, 6.45) is 1.27. The number of carbonyl (C=O) groups excluding carboxylic acids is 1. The molecule has 1 saturated heterocycles. The van der Waals surface area contributed by atoms with Gasteiger partial charge in [0.05, 0.1) is 18.9 Å². The lowest BCUT2D eigenvalue weighted by Crippen LogP contribution is -2.51. The maximum Gasteiger partial charge on any atom is 0.220 e. The van der Waals surface area contributed by atoms with Crippen molar-refractivity contribution in [3.05, 3.63) is 17.0 Å². The van der Waals surface area contributed by atoms with Gasteiger partial charge in [-0.2, -0.15) is 5.10 Å².